The van der Waals surface area contributed by atoms with Gasteiger partial charge in [0.05, 0.1) is 28.8 Å². The molecular formula is C21H22N4O2S2. The number of rotatable bonds is 5. The monoisotopic (exact) mass is 426 g/mol. The summed E-state index contributed by atoms with van der Waals surface area (Å²) in [6.45, 7) is 6.41. The maximum atomic E-state index is 12.6. The lowest BCUT2D eigenvalue weighted by molar-refractivity contribution is -0.113. The van der Waals surface area contributed by atoms with E-state index in [4.69, 9.17) is 4.74 Å². The first kappa shape index (κ1) is 19.7. The van der Waals surface area contributed by atoms with E-state index in [1.807, 2.05) is 40.8 Å². The maximum Gasteiger partial charge on any atom is 0.234 e. The number of anilines is 1. The molecule has 150 valence electrons. The van der Waals surface area contributed by atoms with Crippen LogP contribution in [-0.2, 0) is 10.2 Å². The van der Waals surface area contributed by atoms with Crippen LogP contribution in [0.3, 0.4) is 0 Å². The van der Waals surface area contributed by atoms with E-state index >= 15 is 0 Å². The fourth-order valence-electron chi connectivity index (χ4n) is 3.04. The number of thioether (sulfide) groups is 1. The van der Waals surface area contributed by atoms with Gasteiger partial charge in [-0.05, 0) is 35.2 Å². The lowest BCUT2D eigenvalue weighted by Gasteiger charge is -2.21. The molecular weight excluding hydrogens is 404 g/mol. The molecule has 1 N–H and O–H groups in total. The van der Waals surface area contributed by atoms with E-state index in [-0.39, 0.29) is 17.1 Å². The van der Waals surface area contributed by atoms with Crippen LogP contribution in [0.25, 0.3) is 15.2 Å². The van der Waals surface area contributed by atoms with E-state index in [2.05, 4.69) is 42.4 Å². The van der Waals surface area contributed by atoms with Gasteiger partial charge in [0.1, 0.15) is 5.75 Å². The molecule has 0 atom stereocenters. The van der Waals surface area contributed by atoms with Gasteiger partial charge in [0.2, 0.25) is 10.9 Å². The number of nitrogens with one attached hydrogen (secondary N) is 1. The Balaban J connectivity index is 1.52. The topological polar surface area (TPSA) is 68.5 Å². The van der Waals surface area contributed by atoms with Crippen molar-refractivity contribution in [2.45, 2.75) is 31.3 Å². The molecule has 0 bridgehead atoms. The number of thiazole rings is 1. The summed E-state index contributed by atoms with van der Waals surface area (Å²) >= 11 is 2.96. The second-order valence-corrected chi connectivity index (χ2v) is 9.62. The van der Waals surface area contributed by atoms with Gasteiger partial charge >= 0.3 is 0 Å². The van der Waals surface area contributed by atoms with Gasteiger partial charge in [-0.25, -0.2) is 0 Å². The summed E-state index contributed by atoms with van der Waals surface area (Å²) in [5.74, 6) is 0.758. The largest absolute Gasteiger partial charge is 0.495 e. The zero-order chi connectivity index (χ0) is 20.6. The third-order valence-electron chi connectivity index (χ3n) is 4.58. The lowest BCUT2D eigenvalue weighted by atomic mass is 9.87. The molecule has 2 heterocycles. The molecule has 0 saturated heterocycles. The smallest absolute Gasteiger partial charge is 0.234 e. The molecule has 1 amide bonds. The molecule has 29 heavy (non-hydrogen) atoms. The Hall–Kier alpha value is -2.58. The molecule has 0 spiro atoms. The van der Waals surface area contributed by atoms with E-state index in [1.54, 1.807) is 18.4 Å². The third-order valence-corrected chi connectivity index (χ3v) is 6.52. The van der Waals surface area contributed by atoms with Crippen molar-refractivity contribution in [3.63, 3.8) is 0 Å². The summed E-state index contributed by atoms with van der Waals surface area (Å²) in [4.78, 5) is 13.5. The highest BCUT2D eigenvalue weighted by Crippen LogP contribution is 2.32. The fraction of sp³-hybridized carbons (Fsp3) is 0.286. The van der Waals surface area contributed by atoms with Gasteiger partial charge in [-0.15, -0.1) is 10.2 Å². The molecule has 0 aliphatic heterocycles. The number of ether oxygens (including phenoxy) is 1. The van der Waals surface area contributed by atoms with Crippen molar-refractivity contribution in [2.75, 3.05) is 18.2 Å². The van der Waals surface area contributed by atoms with Crippen molar-refractivity contribution in [3.05, 3.63) is 48.0 Å². The standard InChI is InChI=1S/C21H22N4O2S2/c1-21(2,3)13-9-10-16(27-4)14(11-13)22-18(26)12-28-19-23-24-20-25(19)15-7-5-6-8-17(15)29-20/h5-11H,12H2,1-4H3,(H,22,26). The summed E-state index contributed by atoms with van der Waals surface area (Å²) < 4.78 is 8.56. The number of para-hydroxylation sites is 1. The third kappa shape index (κ3) is 3.95. The van der Waals surface area contributed by atoms with E-state index < -0.39 is 0 Å². The number of benzene rings is 2. The summed E-state index contributed by atoms with van der Waals surface area (Å²) in [7, 11) is 1.60. The van der Waals surface area contributed by atoms with E-state index in [0.29, 0.717) is 16.6 Å². The molecule has 2 aromatic carbocycles. The van der Waals surface area contributed by atoms with Gasteiger partial charge < -0.3 is 10.1 Å². The van der Waals surface area contributed by atoms with Crippen LogP contribution in [0.5, 0.6) is 5.75 Å². The Labute approximate surface area is 177 Å². The average Bonchev–Trinajstić information content (AvgIpc) is 3.25. The number of methoxy groups -OCH3 is 1. The maximum absolute atomic E-state index is 12.6. The van der Waals surface area contributed by atoms with Crippen LogP contribution in [0, 0.1) is 0 Å². The average molecular weight is 427 g/mol. The molecule has 0 fully saturated rings. The zero-order valence-electron chi connectivity index (χ0n) is 16.7. The van der Waals surface area contributed by atoms with Crippen LogP contribution >= 0.6 is 23.1 Å². The fourth-order valence-corrected chi connectivity index (χ4v) is 4.81. The second kappa shape index (κ2) is 7.68. The Bertz CT molecular complexity index is 1190. The van der Waals surface area contributed by atoms with Crippen LogP contribution in [0.1, 0.15) is 26.3 Å². The van der Waals surface area contributed by atoms with Gasteiger partial charge in [-0.1, -0.05) is 62.1 Å². The van der Waals surface area contributed by atoms with Gasteiger partial charge in [0.15, 0.2) is 5.16 Å². The van der Waals surface area contributed by atoms with Crippen LogP contribution in [0.2, 0.25) is 0 Å². The normalized spacial score (nSPS) is 11.9. The first-order chi connectivity index (χ1) is 13.9. The minimum Gasteiger partial charge on any atom is -0.495 e. The summed E-state index contributed by atoms with van der Waals surface area (Å²) in [6, 6.07) is 14.0. The molecule has 4 aromatic rings. The summed E-state index contributed by atoms with van der Waals surface area (Å²) in [6.07, 6.45) is 0. The highest BCUT2D eigenvalue weighted by atomic mass is 32.2. The van der Waals surface area contributed by atoms with Gasteiger partial charge in [0, 0.05) is 0 Å². The quantitative estimate of drug-likeness (QED) is 0.456. The first-order valence-electron chi connectivity index (χ1n) is 9.20. The predicted octanol–water partition coefficient (Wildman–Crippen LogP) is 4.98. The molecule has 0 radical (unpaired) electrons. The van der Waals surface area contributed by atoms with Gasteiger partial charge in [0.25, 0.3) is 0 Å². The van der Waals surface area contributed by atoms with E-state index in [0.717, 1.165) is 20.7 Å². The molecule has 0 aliphatic rings. The van der Waals surface area contributed by atoms with Crippen LogP contribution in [-0.4, -0.2) is 33.4 Å². The molecule has 0 aliphatic carbocycles. The minimum atomic E-state index is -0.115. The van der Waals surface area contributed by atoms with Crippen molar-refractivity contribution in [1.29, 1.82) is 0 Å². The summed E-state index contributed by atoms with van der Waals surface area (Å²) in [5.41, 5.74) is 2.84. The number of carbonyl (C=O) groups is 1. The lowest BCUT2D eigenvalue weighted by Crippen LogP contribution is -2.17. The van der Waals surface area contributed by atoms with Crippen LogP contribution in [0.15, 0.2) is 47.6 Å². The predicted molar refractivity (Wildman–Crippen MR) is 119 cm³/mol. The van der Waals surface area contributed by atoms with E-state index in [1.165, 1.54) is 11.8 Å². The molecule has 2 aromatic heterocycles. The minimum absolute atomic E-state index is 0.0202. The molecule has 0 saturated carbocycles. The van der Waals surface area contributed by atoms with E-state index in [9.17, 15) is 4.79 Å². The first-order valence-corrected chi connectivity index (χ1v) is 11.0. The number of carbonyl (C=O) groups excluding carboxylic acids is 1. The molecule has 0 unspecified atom stereocenters. The summed E-state index contributed by atoms with van der Waals surface area (Å²) in [5, 5.41) is 12.2. The number of amides is 1. The zero-order valence-corrected chi connectivity index (χ0v) is 18.4. The Kier molecular flexibility index (Phi) is 5.23. The van der Waals surface area contributed by atoms with Crippen LogP contribution in [0.4, 0.5) is 5.69 Å². The van der Waals surface area contributed by atoms with Crippen molar-refractivity contribution in [2.24, 2.45) is 0 Å². The number of nitrogens with zero attached hydrogens (tertiary/aromatic N) is 3. The van der Waals surface area contributed by atoms with Crippen LogP contribution < -0.4 is 10.1 Å². The Morgan fingerprint density at radius 2 is 2.00 bits per heavy atom. The van der Waals surface area contributed by atoms with Crippen molar-refractivity contribution >= 4 is 49.9 Å². The van der Waals surface area contributed by atoms with Crippen molar-refractivity contribution < 1.29 is 9.53 Å². The Morgan fingerprint density at radius 3 is 2.76 bits per heavy atom. The molecule has 6 nitrogen and oxygen atoms in total. The van der Waals surface area contributed by atoms with Gasteiger partial charge in [-0.3, -0.25) is 9.20 Å². The van der Waals surface area contributed by atoms with Crippen molar-refractivity contribution in [3.8, 4) is 5.75 Å². The van der Waals surface area contributed by atoms with Gasteiger partial charge in [-0.2, -0.15) is 0 Å². The highest BCUT2D eigenvalue weighted by Gasteiger charge is 2.18. The molecule has 4 rings (SSSR count). The number of aromatic nitrogens is 3. The highest BCUT2D eigenvalue weighted by molar-refractivity contribution is 7.99. The second-order valence-electron chi connectivity index (χ2n) is 7.67. The Morgan fingerprint density at radius 1 is 1.21 bits per heavy atom. The SMILES string of the molecule is COc1ccc(C(C)(C)C)cc1NC(=O)CSc1nnc2sc3ccccc3n12. The van der Waals surface area contributed by atoms with Crippen molar-refractivity contribution in [1.82, 2.24) is 14.6 Å². The number of fused-ring (bicyclic) bond motifs is 3. The number of hydrogen-bond donors (Lipinski definition) is 1. The molecule has 8 heteroatoms. The number of hydrogen-bond acceptors (Lipinski definition) is 6.